The van der Waals surface area contributed by atoms with Gasteiger partial charge >= 0.3 is 5.97 Å². The van der Waals surface area contributed by atoms with Crippen molar-refractivity contribution in [1.29, 1.82) is 0 Å². The van der Waals surface area contributed by atoms with Crippen LogP contribution in [0.2, 0.25) is 0 Å². The lowest BCUT2D eigenvalue weighted by Crippen LogP contribution is -2.38. The highest BCUT2D eigenvalue weighted by Crippen LogP contribution is 2.12. The molecule has 1 heterocycles. The SMILES string of the molecule is CCNC(=NCC1CCCO1)NCCCCCCC(=O)OC(C)(C)C. The largest absolute Gasteiger partial charge is 0.460 e. The van der Waals surface area contributed by atoms with Gasteiger partial charge in [0, 0.05) is 26.1 Å². The van der Waals surface area contributed by atoms with E-state index < -0.39 is 0 Å². The van der Waals surface area contributed by atoms with Gasteiger partial charge in [-0.15, -0.1) is 0 Å². The second-order valence-electron chi connectivity index (χ2n) is 7.53. The Morgan fingerprint density at radius 2 is 1.96 bits per heavy atom. The molecule has 0 aromatic heterocycles. The monoisotopic (exact) mass is 355 g/mol. The first-order valence-electron chi connectivity index (χ1n) is 9.76. The van der Waals surface area contributed by atoms with Crippen molar-refractivity contribution in [3.8, 4) is 0 Å². The summed E-state index contributed by atoms with van der Waals surface area (Å²) < 4.78 is 10.9. The zero-order valence-corrected chi connectivity index (χ0v) is 16.5. The van der Waals surface area contributed by atoms with Gasteiger partial charge in [0.2, 0.25) is 0 Å². The van der Waals surface area contributed by atoms with Crippen molar-refractivity contribution >= 4 is 11.9 Å². The molecule has 0 saturated carbocycles. The van der Waals surface area contributed by atoms with Gasteiger partial charge in [-0.05, 0) is 53.4 Å². The first-order valence-corrected chi connectivity index (χ1v) is 9.76. The van der Waals surface area contributed by atoms with Gasteiger partial charge in [0.25, 0.3) is 0 Å². The topological polar surface area (TPSA) is 72.0 Å². The standard InChI is InChI=1S/C19H37N3O3/c1-5-20-18(22-15-16-11-10-14-24-16)21-13-9-7-6-8-12-17(23)25-19(2,3)4/h16H,5-15H2,1-4H3,(H2,20,21,22). The zero-order valence-electron chi connectivity index (χ0n) is 16.5. The van der Waals surface area contributed by atoms with Gasteiger partial charge in [-0.25, -0.2) is 0 Å². The summed E-state index contributed by atoms with van der Waals surface area (Å²) in [7, 11) is 0. The zero-order chi connectivity index (χ0) is 18.5. The normalized spacial score (nSPS) is 18.2. The third kappa shape index (κ3) is 11.8. The highest BCUT2D eigenvalue weighted by atomic mass is 16.6. The Balaban J connectivity index is 2.07. The molecule has 1 saturated heterocycles. The summed E-state index contributed by atoms with van der Waals surface area (Å²) in [6.45, 7) is 11.1. The molecule has 0 aromatic rings. The van der Waals surface area contributed by atoms with E-state index >= 15 is 0 Å². The van der Waals surface area contributed by atoms with Crippen LogP contribution in [0.1, 0.15) is 72.6 Å². The van der Waals surface area contributed by atoms with E-state index in [0.29, 0.717) is 6.42 Å². The smallest absolute Gasteiger partial charge is 0.306 e. The molecular weight excluding hydrogens is 318 g/mol. The molecule has 6 nitrogen and oxygen atoms in total. The fourth-order valence-corrected chi connectivity index (χ4v) is 2.67. The molecule has 0 bridgehead atoms. The molecule has 0 radical (unpaired) electrons. The fraction of sp³-hybridized carbons (Fsp3) is 0.895. The maximum atomic E-state index is 11.6. The van der Waals surface area contributed by atoms with Gasteiger partial charge < -0.3 is 20.1 Å². The highest BCUT2D eigenvalue weighted by Gasteiger charge is 2.16. The molecule has 25 heavy (non-hydrogen) atoms. The van der Waals surface area contributed by atoms with Crippen molar-refractivity contribution in [2.24, 2.45) is 4.99 Å². The summed E-state index contributed by atoms with van der Waals surface area (Å²) in [6, 6.07) is 0. The fourth-order valence-electron chi connectivity index (χ4n) is 2.67. The Labute approximate surface area is 153 Å². The summed E-state index contributed by atoms with van der Waals surface area (Å²) in [5, 5.41) is 6.63. The number of esters is 1. The van der Waals surface area contributed by atoms with Crippen molar-refractivity contribution in [2.75, 3.05) is 26.2 Å². The van der Waals surface area contributed by atoms with Crippen molar-refractivity contribution in [1.82, 2.24) is 10.6 Å². The van der Waals surface area contributed by atoms with Gasteiger partial charge in [-0.3, -0.25) is 9.79 Å². The lowest BCUT2D eigenvalue weighted by atomic mass is 10.1. The van der Waals surface area contributed by atoms with Crippen molar-refractivity contribution in [2.45, 2.75) is 84.3 Å². The third-order valence-electron chi connectivity index (χ3n) is 3.84. The Bertz CT molecular complexity index is 399. The Morgan fingerprint density at radius 1 is 1.20 bits per heavy atom. The number of ether oxygens (including phenoxy) is 2. The molecule has 146 valence electrons. The van der Waals surface area contributed by atoms with Crippen LogP contribution in [0.4, 0.5) is 0 Å². The first-order chi connectivity index (χ1) is 11.9. The van der Waals surface area contributed by atoms with Crippen LogP contribution < -0.4 is 10.6 Å². The van der Waals surface area contributed by atoms with E-state index in [9.17, 15) is 4.79 Å². The number of hydrogen-bond donors (Lipinski definition) is 2. The lowest BCUT2D eigenvalue weighted by Gasteiger charge is -2.19. The average molecular weight is 356 g/mol. The Morgan fingerprint density at radius 3 is 2.60 bits per heavy atom. The number of aliphatic imine (C=N–C) groups is 1. The van der Waals surface area contributed by atoms with Crippen LogP contribution in [0.25, 0.3) is 0 Å². The maximum absolute atomic E-state index is 11.6. The minimum absolute atomic E-state index is 0.0960. The molecule has 1 atom stereocenters. The van der Waals surface area contributed by atoms with E-state index in [0.717, 1.165) is 70.7 Å². The van der Waals surface area contributed by atoms with Crippen LogP contribution in [-0.4, -0.2) is 49.9 Å². The molecular formula is C19H37N3O3. The molecule has 6 heteroatoms. The Kier molecular flexibility index (Phi) is 10.5. The van der Waals surface area contributed by atoms with Crippen LogP contribution in [-0.2, 0) is 14.3 Å². The molecule has 0 spiro atoms. The minimum Gasteiger partial charge on any atom is -0.460 e. The molecule has 0 aliphatic carbocycles. The molecule has 0 aromatic carbocycles. The quantitative estimate of drug-likeness (QED) is 0.273. The molecule has 1 aliphatic heterocycles. The Hall–Kier alpha value is -1.30. The lowest BCUT2D eigenvalue weighted by molar-refractivity contribution is -0.154. The van der Waals surface area contributed by atoms with E-state index in [2.05, 4.69) is 22.5 Å². The van der Waals surface area contributed by atoms with E-state index in [1.807, 2.05) is 20.8 Å². The second-order valence-corrected chi connectivity index (χ2v) is 7.53. The van der Waals surface area contributed by atoms with Crippen molar-refractivity contribution < 1.29 is 14.3 Å². The van der Waals surface area contributed by atoms with Crippen LogP contribution in [0.3, 0.4) is 0 Å². The predicted octanol–water partition coefficient (Wildman–Crippen LogP) is 3.01. The van der Waals surface area contributed by atoms with Crippen molar-refractivity contribution in [3.63, 3.8) is 0 Å². The number of unbranched alkanes of at least 4 members (excludes halogenated alkanes) is 3. The summed E-state index contributed by atoms with van der Waals surface area (Å²) in [5.41, 5.74) is -0.382. The van der Waals surface area contributed by atoms with Gasteiger partial charge in [0.05, 0.1) is 12.6 Å². The van der Waals surface area contributed by atoms with Crippen LogP contribution in [0.5, 0.6) is 0 Å². The number of nitrogens with zero attached hydrogens (tertiary/aromatic N) is 1. The number of carbonyl (C=O) groups is 1. The predicted molar refractivity (Wildman–Crippen MR) is 102 cm³/mol. The minimum atomic E-state index is -0.382. The van der Waals surface area contributed by atoms with Gasteiger partial charge in [0.15, 0.2) is 5.96 Å². The van der Waals surface area contributed by atoms with E-state index in [1.54, 1.807) is 0 Å². The van der Waals surface area contributed by atoms with E-state index in [1.165, 1.54) is 0 Å². The van der Waals surface area contributed by atoms with E-state index in [-0.39, 0.29) is 17.7 Å². The summed E-state index contributed by atoms with van der Waals surface area (Å²) >= 11 is 0. The summed E-state index contributed by atoms with van der Waals surface area (Å²) in [6.07, 6.45) is 7.15. The molecule has 2 N–H and O–H groups in total. The number of guanidine groups is 1. The second kappa shape index (κ2) is 12.1. The number of nitrogens with one attached hydrogen (secondary N) is 2. The molecule has 1 aliphatic rings. The number of rotatable bonds is 10. The van der Waals surface area contributed by atoms with Crippen LogP contribution >= 0.6 is 0 Å². The van der Waals surface area contributed by atoms with Crippen LogP contribution in [0, 0.1) is 0 Å². The third-order valence-corrected chi connectivity index (χ3v) is 3.84. The molecule has 1 unspecified atom stereocenters. The molecule has 1 rings (SSSR count). The molecule has 1 fully saturated rings. The molecule has 0 amide bonds. The van der Waals surface area contributed by atoms with Crippen LogP contribution in [0.15, 0.2) is 4.99 Å². The highest BCUT2D eigenvalue weighted by molar-refractivity contribution is 5.79. The van der Waals surface area contributed by atoms with Crippen molar-refractivity contribution in [3.05, 3.63) is 0 Å². The average Bonchev–Trinajstić information content (AvgIpc) is 3.03. The van der Waals surface area contributed by atoms with Gasteiger partial charge in [-0.2, -0.15) is 0 Å². The summed E-state index contributed by atoms with van der Waals surface area (Å²) in [5.74, 6) is 0.771. The van der Waals surface area contributed by atoms with Gasteiger partial charge in [-0.1, -0.05) is 12.8 Å². The number of hydrogen-bond acceptors (Lipinski definition) is 4. The number of carbonyl (C=O) groups excluding carboxylic acids is 1. The van der Waals surface area contributed by atoms with Gasteiger partial charge in [0.1, 0.15) is 5.60 Å². The summed E-state index contributed by atoms with van der Waals surface area (Å²) in [4.78, 5) is 16.2. The van der Waals surface area contributed by atoms with E-state index in [4.69, 9.17) is 9.47 Å². The first kappa shape index (κ1) is 21.7. The maximum Gasteiger partial charge on any atom is 0.306 e.